The van der Waals surface area contributed by atoms with Crippen molar-refractivity contribution in [2.45, 2.75) is 13.3 Å². The van der Waals surface area contributed by atoms with Gasteiger partial charge in [0.1, 0.15) is 17.0 Å². The first kappa shape index (κ1) is 13.2. The van der Waals surface area contributed by atoms with Gasteiger partial charge in [-0.15, -0.1) is 0 Å². The van der Waals surface area contributed by atoms with Gasteiger partial charge in [0.2, 0.25) is 5.89 Å². The van der Waals surface area contributed by atoms with Gasteiger partial charge in [-0.1, -0.05) is 19.1 Å². The summed E-state index contributed by atoms with van der Waals surface area (Å²) in [5.41, 5.74) is 1.64. The van der Waals surface area contributed by atoms with E-state index >= 15 is 0 Å². The molecule has 0 aliphatic heterocycles. The molecule has 0 amide bonds. The molecule has 0 aliphatic rings. The minimum atomic E-state index is -0.310. The van der Waals surface area contributed by atoms with Crippen LogP contribution in [0.1, 0.15) is 13.3 Å². The van der Waals surface area contributed by atoms with Crippen LogP contribution in [-0.2, 0) is 4.79 Å². The smallest absolute Gasteiger partial charge is 0.310 e. The van der Waals surface area contributed by atoms with Crippen LogP contribution >= 0.6 is 0 Å². The molecule has 0 saturated heterocycles. The van der Waals surface area contributed by atoms with Crippen molar-refractivity contribution in [1.29, 1.82) is 0 Å². The van der Waals surface area contributed by atoms with Gasteiger partial charge in [0.05, 0.1) is 5.56 Å². The summed E-state index contributed by atoms with van der Waals surface area (Å²) in [5, 5.41) is 9.83. The maximum absolute atomic E-state index is 11.3. The third-order valence-electron chi connectivity index (χ3n) is 3.01. The summed E-state index contributed by atoms with van der Waals surface area (Å²) >= 11 is 0. The summed E-state index contributed by atoms with van der Waals surface area (Å²) in [7, 11) is 0. The number of hydrogen-bond acceptors (Lipinski definition) is 5. The first-order chi connectivity index (χ1) is 10.2. The Morgan fingerprint density at radius 1 is 1.29 bits per heavy atom. The van der Waals surface area contributed by atoms with Crippen LogP contribution in [0.2, 0.25) is 0 Å². The molecule has 0 spiro atoms. The third kappa shape index (κ3) is 2.58. The Labute approximate surface area is 120 Å². The number of carbonyl (C=O) groups is 1. The molecule has 2 aromatic carbocycles. The molecule has 0 saturated carbocycles. The molecule has 5 heteroatoms. The average Bonchev–Trinajstić information content (AvgIpc) is 2.90. The molecule has 1 aromatic heterocycles. The first-order valence-corrected chi connectivity index (χ1v) is 6.57. The van der Waals surface area contributed by atoms with E-state index in [0.717, 1.165) is 0 Å². The largest absolute Gasteiger partial charge is 0.507 e. The number of benzene rings is 2. The van der Waals surface area contributed by atoms with Gasteiger partial charge in [0.15, 0.2) is 5.58 Å². The number of rotatable bonds is 3. The van der Waals surface area contributed by atoms with Crippen LogP contribution in [0.5, 0.6) is 11.5 Å². The number of carbonyl (C=O) groups excluding carboxylic acids is 1. The number of ether oxygens (including phenoxy) is 1. The highest BCUT2D eigenvalue weighted by atomic mass is 16.5. The van der Waals surface area contributed by atoms with Gasteiger partial charge in [-0.05, 0) is 24.3 Å². The van der Waals surface area contributed by atoms with E-state index in [9.17, 15) is 9.90 Å². The van der Waals surface area contributed by atoms with Crippen molar-refractivity contribution in [2.75, 3.05) is 0 Å². The lowest BCUT2D eigenvalue weighted by Gasteiger charge is -2.00. The second kappa shape index (κ2) is 5.28. The highest BCUT2D eigenvalue weighted by Crippen LogP contribution is 2.31. The minimum absolute atomic E-state index is 0.0988. The van der Waals surface area contributed by atoms with Gasteiger partial charge >= 0.3 is 5.97 Å². The van der Waals surface area contributed by atoms with Crippen molar-refractivity contribution in [3.63, 3.8) is 0 Å². The maximum atomic E-state index is 11.3. The predicted octanol–water partition coefficient (Wildman–Crippen LogP) is 3.52. The summed E-state index contributed by atoms with van der Waals surface area (Å²) in [4.78, 5) is 15.6. The Hall–Kier alpha value is -2.82. The van der Waals surface area contributed by atoms with Gasteiger partial charge < -0.3 is 14.3 Å². The zero-order valence-corrected chi connectivity index (χ0v) is 11.4. The fraction of sp³-hybridized carbons (Fsp3) is 0.125. The molecule has 21 heavy (non-hydrogen) atoms. The van der Waals surface area contributed by atoms with E-state index in [1.165, 1.54) is 0 Å². The molecule has 3 rings (SSSR count). The van der Waals surface area contributed by atoms with Crippen molar-refractivity contribution < 1.29 is 19.1 Å². The van der Waals surface area contributed by atoms with Gasteiger partial charge in [-0.3, -0.25) is 4.79 Å². The van der Waals surface area contributed by atoms with Crippen molar-refractivity contribution in [1.82, 2.24) is 4.98 Å². The molecule has 1 heterocycles. The number of oxazole rings is 1. The van der Waals surface area contributed by atoms with Crippen LogP contribution in [0.15, 0.2) is 46.9 Å². The summed E-state index contributed by atoms with van der Waals surface area (Å²) in [6.07, 6.45) is 0.303. The van der Waals surface area contributed by atoms with Gasteiger partial charge in [-0.25, -0.2) is 4.98 Å². The monoisotopic (exact) mass is 283 g/mol. The lowest BCUT2D eigenvalue weighted by molar-refractivity contribution is -0.134. The molecule has 0 bridgehead atoms. The molecule has 0 radical (unpaired) electrons. The van der Waals surface area contributed by atoms with Gasteiger partial charge in [0, 0.05) is 12.5 Å². The molecule has 3 aromatic rings. The van der Waals surface area contributed by atoms with Crippen molar-refractivity contribution >= 4 is 17.1 Å². The van der Waals surface area contributed by atoms with Crippen LogP contribution in [0.25, 0.3) is 22.6 Å². The van der Waals surface area contributed by atoms with E-state index in [-0.39, 0.29) is 11.7 Å². The Balaban J connectivity index is 2.01. The lowest BCUT2D eigenvalue weighted by atomic mass is 10.2. The van der Waals surface area contributed by atoms with E-state index < -0.39 is 0 Å². The zero-order valence-electron chi connectivity index (χ0n) is 11.4. The summed E-state index contributed by atoms with van der Waals surface area (Å²) in [6.45, 7) is 1.73. The van der Waals surface area contributed by atoms with Crippen LogP contribution < -0.4 is 4.74 Å². The van der Waals surface area contributed by atoms with Crippen LogP contribution in [0.4, 0.5) is 0 Å². The van der Waals surface area contributed by atoms with E-state index in [2.05, 4.69) is 4.98 Å². The number of para-hydroxylation sites is 1. The molecule has 1 N–H and O–H groups in total. The van der Waals surface area contributed by atoms with Crippen LogP contribution in [-0.4, -0.2) is 16.1 Å². The van der Waals surface area contributed by atoms with Crippen LogP contribution in [0, 0.1) is 0 Å². The first-order valence-electron chi connectivity index (χ1n) is 6.57. The quantitative estimate of drug-likeness (QED) is 0.588. The molecule has 5 nitrogen and oxygen atoms in total. The number of hydrogen-bond donors (Lipinski definition) is 1. The van der Waals surface area contributed by atoms with Gasteiger partial charge in [-0.2, -0.15) is 0 Å². The number of nitrogens with zero attached hydrogens (tertiary/aromatic N) is 1. The Kier molecular flexibility index (Phi) is 3.31. The molecule has 0 unspecified atom stereocenters. The number of fused-ring (bicyclic) bond motifs is 1. The molecular formula is C16H13NO4. The molecule has 0 atom stereocenters. The highest BCUT2D eigenvalue weighted by molar-refractivity contribution is 5.80. The topological polar surface area (TPSA) is 72.6 Å². The Morgan fingerprint density at radius 2 is 2.10 bits per heavy atom. The van der Waals surface area contributed by atoms with E-state index in [4.69, 9.17) is 9.15 Å². The fourth-order valence-corrected chi connectivity index (χ4v) is 1.94. The molecule has 106 valence electrons. The predicted molar refractivity (Wildman–Crippen MR) is 77.0 cm³/mol. The van der Waals surface area contributed by atoms with Crippen LogP contribution in [0.3, 0.4) is 0 Å². The summed E-state index contributed by atoms with van der Waals surface area (Å²) in [5.74, 6) is 0.521. The number of esters is 1. The molecule has 0 fully saturated rings. The fourth-order valence-electron chi connectivity index (χ4n) is 1.94. The van der Waals surface area contributed by atoms with E-state index in [1.54, 1.807) is 49.4 Å². The SMILES string of the molecule is CCC(=O)Oc1ccc2nc(-c3ccccc3O)oc2c1. The van der Waals surface area contributed by atoms with Gasteiger partial charge in [0.25, 0.3) is 0 Å². The number of phenolic OH excluding ortho intramolecular Hbond substituents is 1. The second-order valence-electron chi connectivity index (χ2n) is 4.49. The standard InChI is InChI=1S/C16H13NO4/c1-2-15(19)20-10-7-8-12-14(9-10)21-16(17-12)11-5-3-4-6-13(11)18/h3-9,18H,2H2,1H3. The molecular weight excluding hydrogens is 270 g/mol. The minimum Gasteiger partial charge on any atom is -0.507 e. The average molecular weight is 283 g/mol. The Bertz CT molecular complexity index is 807. The maximum Gasteiger partial charge on any atom is 0.310 e. The van der Waals surface area contributed by atoms with Crippen molar-refractivity contribution in [3.8, 4) is 23.0 Å². The number of aromatic nitrogens is 1. The lowest BCUT2D eigenvalue weighted by Crippen LogP contribution is -2.05. The van der Waals surface area contributed by atoms with Crippen molar-refractivity contribution in [3.05, 3.63) is 42.5 Å². The highest BCUT2D eigenvalue weighted by Gasteiger charge is 2.12. The summed E-state index contributed by atoms with van der Waals surface area (Å²) in [6, 6.07) is 11.8. The van der Waals surface area contributed by atoms with E-state index in [1.807, 2.05) is 0 Å². The Morgan fingerprint density at radius 3 is 2.86 bits per heavy atom. The second-order valence-corrected chi connectivity index (χ2v) is 4.49. The van der Waals surface area contributed by atoms with Crippen molar-refractivity contribution in [2.24, 2.45) is 0 Å². The summed E-state index contributed by atoms with van der Waals surface area (Å²) < 4.78 is 10.8. The number of aromatic hydroxyl groups is 1. The molecule has 0 aliphatic carbocycles. The van der Waals surface area contributed by atoms with E-state index in [0.29, 0.717) is 34.7 Å². The zero-order chi connectivity index (χ0) is 14.8. The normalized spacial score (nSPS) is 10.7. The number of phenols is 1. The third-order valence-corrected chi connectivity index (χ3v) is 3.01.